The lowest BCUT2D eigenvalue weighted by Crippen LogP contribution is -2.08. The minimum Gasteiger partial charge on any atom is -0.299 e. The molecule has 0 aromatic heterocycles. The molecule has 0 N–H and O–H groups in total. The second-order valence-corrected chi connectivity index (χ2v) is 6.75. The Morgan fingerprint density at radius 1 is 0.600 bits per heavy atom. The summed E-state index contributed by atoms with van der Waals surface area (Å²) in [6.45, 7) is 3.89. The Bertz CT molecular complexity index is 703. The molecule has 2 aromatic rings. The van der Waals surface area contributed by atoms with Crippen molar-refractivity contribution in [2.24, 2.45) is 0 Å². The quantitative estimate of drug-likeness (QED) is 0.258. The van der Waals surface area contributed by atoms with Crippen molar-refractivity contribution in [3.8, 4) is 11.5 Å². The van der Waals surface area contributed by atoms with Crippen molar-refractivity contribution in [3.05, 3.63) is 59.7 Å². The summed E-state index contributed by atoms with van der Waals surface area (Å²) in [6.07, 6.45) is 3.10. The minimum absolute atomic E-state index is 0.190. The molecule has 0 aliphatic heterocycles. The molecule has 0 bridgehead atoms. The van der Waals surface area contributed by atoms with Crippen LogP contribution in [0.25, 0.3) is 0 Å². The average Bonchev–Trinajstić information content (AvgIpc) is 2.73. The molecule has 0 saturated heterocycles. The van der Waals surface area contributed by atoms with E-state index in [4.69, 9.17) is 9.78 Å². The van der Waals surface area contributed by atoms with Crippen LogP contribution in [0.5, 0.6) is 11.5 Å². The van der Waals surface area contributed by atoms with Gasteiger partial charge >= 0.3 is 11.9 Å². The Kier molecular flexibility index (Phi) is 10.2. The Morgan fingerprint density at radius 3 is 1.33 bits per heavy atom. The van der Waals surface area contributed by atoms with Crippen molar-refractivity contribution in [2.45, 2.75) is 52.4 Å². The summed E-state index contributed by atoms with van der Waals surface area (Å²) in [5.41, 5.74) is 2.16. The van der Waals surface area contributed by atoms with Gasteiger partial charge in [-0.05, 0) is 51.0 Å². The van der Waals surface area contributed by atoms with E-state index in [1.807, 2.05) is 38.1 Å². The highest BCUT2D eigenvalue weighted by Crippen LogP contribution is 2.13. The maximum Gasteiger partial charge on any atom is 0.346 e. The van der Waals surface area contributed by atoms with E-state index in [0.29, 0.717) is 24.3 Å². The molecular formula is C22H26O8. The Morgan fingerprint density at radius 2 is 0.967 bits per heavy atom. The molecule has 0 atom stereocenters. The summed E-state index contributed by atoms with van der Waals surface area (Å²) >= 11 is 0. The Balaban J connectivity index is 1.42. The number of hydrogen-bond donors (Lipinski definition) is 0. The van der Waals surface area contributed by atoms with Crippen molar-refractivity contribution < 1.29 is 39.2 Å². The number of unbranched alkanes of at least 4 members (excludes halogenated alkanes) is 3. The van der Waals surface area contributed by atoms with Crippen molar-refractivity contribution in [1.82, 2.24) is 0 Å². The van der Waals surface area contributed by atoms with E-state index in [9.17, 15) is 9.59 Å². The van der Waals surface area contributed by atoms with Crippen LogP contribution in [-0.2, 0) is 29.4 Å². The second kappa shape index (κ2) is 13.2. The van der Waals surface area contributed by atoms with E-state index in [0.717, 1.165) is 24.0 Å². The lowest BCUT2D eigenvalue weighted by atomic mass is 10.1. The van der Waals surface area contributed by atoms with Crippen molar-refractivity contribution >= 4 is 11.9 Å². The SMILES string of the molecule is Cc1ccc(OOOC(=O)CCCCCCC(=O)OOOc2ccc(C)cc2)cc1. The zero-order valence-electron chi connectivity index (χ0n) is 17.1. The maximum atomic E-state index is 11.6. The van der Waals surface area contributed by atoms with Gasteiger partial charge in [0, 0.05) is 22.9 Å². The molecule has 0 aliphatic carbocycles. The average molecular weight is 418 g/mol. The van der Waals surface area contributed by atoms with E-state index in [-0.39, 0.29) is 12.8 Å². The number of carbonyl (C=O) groups excluding carboxylic acids is 2. The summed E-state index contributed by atoms with van der Waals surface area (Å²) < 4.78 is 0. The number of benzene rings is 2. The van der Waals surface area contributed by atoms with Gasteiger partial charge in [-0.15, -0.1) is 0 Å². The second-order valence-electron chi connectivity index (χ2n) is 6.75. The van der Waals surface area contributed by atoms with E-state index in [1.54, 1.807) is 24.3 Å². The number of aryl methyl sites for hydroxylation is 2. The third-order valence-corrected chi connectivity index (χ3v) is 4.07. The molecule has 0 radical (unpaired) electrons. The smallest absolute Gasteiger partial charge is 0.299 e. The Labute approximate surface area is 175 Å². The molecule has 0 heterocycles. The predicted octanol–water partition coefficient (Wildman–Crippen LogP) is 4.88. The van der Waals surface area contributed by atoms with Gasteiger partial charge in [0.05, 0.1) is 0 Å². The first-order chi connectivity index (χ1) is 14.5. The molecular weight excluding hydrogens is 392 g/mol. The number of carbonyl (C=O) groups is 2. The van der Waals surface area contributed by atoms with Gasteiger partial charge in [-0.2, -0.15) is 0 Å². The maximum absolute atomic E-state index is 11.6. The lowest BCUT2D eigenvalue weighted by molar-refractivity contribution is -0.437. The van der Waals surface area contributed by atoms with Crippen LogP contribution in [0.2, 0.25) is 0 Å². The Hall–Kier alpha value is -3.10. The van der Waals surface area contributed by atoms with E-state index in [1.165, 1.54) is 0 Å². The van der Waals surface area contributed by atoms with Gasteiger partial charge in [0.25, 0.3) is 0 Å². The molecule has 0 unspecified atom stereocenters. The summed E-state index contributed by atoms with van der Waals surface area (Å²) in [7, 11) is 0. The fourth-order valence-corrected chi connectivity index (χ4v) is 2.35. The van der Waals surface area contributed by atoms with Crippen LogP contribution in [0, 0.1) is 13.8 Å². The van der Waals surface area contributed by atoms with Crippen LogP contribution in [0.1, 0.15) is 49.7 Å². The molecule has 0 amide bonds. The van der Waals surface area contributed by atoms with Crippen LogP contribution in [0.4, 0.5) is 0 Å². The molecule has 2 aromatic carbocycles. The zero-order chi connectivity index (χ0) is 21.6. The van der Waals surface area contributed by atoms with Gasteiger partial charge in [0.15, 0.2) is 11.5 Å². The van der Waals surface area contributed by atoms with Gasteiger partial charge in [-0.1, -0.05) is 48.2 Å². The van der Waals surface area contributed by atoms with Crippen LogP contribution >= 0.6 is 0 Å². The predicted molar refractivity (Wildman–Crippen MR) is 106 cm³/mol. The number of hydrogen-bond acceptors (Lipinski definition) is 8. The van der Waals surface area contributed by atoms with Crippen LogP contribution in [0.3, 0.4) is 0 Å². The summed E-state index contributed by atoms with van der Waals surface area (Å²) in [5, 5.41) is 8.94. The third kappa shape index (κ3) is 9.90. The molecule has 8 heteroatoms. The molecule has 0 spiro atoms. The van der Waals surface area contributed by atoms with E-state index in [2.05, 4.69) is 19.9 Å². The van der Waals surface area contributed by atoms with Gasteiger partial charge in [0.2, 0.25) is 0 Å². The largest absolute Gasteiger partial charge is 0.346 e. The summed E-state index contributed by atoms with van der Waals surface area (Å²) in [6, 6.07) is 14.2. The topological polar surface area (TPSA) is 89.5 Å². The molecule has 0 aliphatic rings. The van der Waals surface area contributed by atoms with Crippen LogP contribution in [-0.4, -0.2) is 11.9 Å². The van der Waals surface area contributed by atoms with Gasteiger partial charge < -0.3 is 0 Å². The van der Waals surface area contributed by atoms with Gasteiger partial charge in [0.1, 0.15) is 0 Å². The van der Waals surface area contributed by atoms with Crippen LogP contribution in [0.15, 0.2) is 48.5 Å². The van der Waals surface area contributed by atoms with E-state index >= 15 is 0 Å². The molecule has 2 rings (SSSR count). The lowest BCUT2D eigenvalue weighted by Gasteiger charge is -2.04. The fourth-order valence-electron chi connectivity index (χ4n) is 2.35. The minimum atomic E-state index is -0.525. The van der Waals surface area contributed by atoms with Gasteiger partial charge in [-0.25, -0.2) is 9.59 Å². The monoisotopic (exact) mass is 418 g/mol. The highest BCUT2D eigenvalue weighted by molar-refractivity contribution is 5.68. The first-order valence-electron chi connectivity index (χ1n) is 9.74. The summed E-state index contributed by atoms with van der Waals surface area (Å²) in [4.78, 5) is 41.9. The van der Waals surface area contributed by atoms with Crippen molar-refractivity contribution in [2.75, 3.05) is 0 Å². The molecule has 8 nitrogen and oxygen atoms in total. The molecule has 30 heavy (non-hydrogen) atoms. The fraction of sp³-hybridized carbons (Fsp3) is 0.364. The standard InChI is InChI=1S/C22H26O8/c1-17-9-13-19(14-10-17)25-29-27-21(23)7-5-3-4-6-8-22(24)28-30-26-20-15-11-18(2)12-16-20/h9-16H,3-8H2,1-2H3. The van der Waals surface area contributed by atoms with Crippen LogP contribution < -0.4 is 9.78 Å². The number of rotatable bonds is 13. The highest BCUT2D eigenvalue weighted by atomic mass is 17.5. The first-order valence-corrected chi connectivity index (χ1v) is 9.74. The van der Waals surface area contributed by atoms with Crippen molar-refractivity contribution in [1.29, 1.82) is 0 Å². The first kappa shape index (κ1) is 23.2. The van der Waals surface area contributed by atoms with Gasteiger partial charge in [-0.3, -0.25) is 19.6 Å². The van der Waals surface area contributed by atoms with Crippen molar-refractivity contribution in [3.63, 3.8) is 0 Å². The summed E-state index contributed by atoms with van der Waals surface area (Å²) in [5.74, 6) is -0.173. The zero-order valence-corrected chi connectivity index (χ0v) is 17.1. The molecule has 162 valence electrons. The highest BCUT2D eigenvalue weighted by Gasteiger charge is 2.08. The third-order valence-electron chi connectivity index (χ3n) is 4.07. The molecule has 0 fully saturated rings. The van der Waals surface area contributed by atoms with E-state index < -0.39 is 11.9 Å². The molecule has 0 saturated carbocycles. The normalized spacial score (nSPS) is 10.3.